The molecular formula is C25H29N7O2. The molecule has 0 amide bonds. The molecule has 0 saturated carbocycles. The summed E-state index contributed by atoms with van der Waals surface area (Å²) in [6.45, 7) is 7.89. The third-order valence-electron chi connectivity index (χ3n) is 6.46. The summed E-state index contributed by atoms with van der Waals surface area (Å²) in [5.41, 5.74) is 1.30. The van der Waals surface area contributed by atoms with Crippen LogP contribution in [0, 0.1) is 11.3 Å². The minimum Gasteiger partial charge on any atom is -0.471 e. The molecule has 3 aromatic rings. The molecular weight excluding hydrogens is 430 g/mol. The summed E-state index contributed by atoms with van der Waals surface area (Å²) >= 11 is 0. The quantitative estimate of drug-likeness (QED) is 0.508. The smallest absolute Gasteiger partial charge is 0.215 e. The summed E-state index contributed by atoms with van der Waals surface area (Å²) < 4.78 is 13.7. The van der Waals surface area contributed by atoms with Gasteiger partial charge in [0, 0.05) is 56.9 Å². The Kier molecular flexibility index (Phi) is 6.70. The Balaban J connectivity index is 1.16. The van der Waals surface area contributed by atoms with Crippen molar-refractivity contribution in [2.24, 2.45) is 0 Å². The van der Waals surface area contributed by atoms with Crippen LogP contribution in [-0.4, -0.2) is 62.8 Å². The highest BCUT2D eigenvalue weighted by atomic mass is 16.5. The summed E-state index contributed by atoms with van der Waals surface area (Å²) in [5.74, 6) is 2.58. The van der Waals surface area contributed by atoms with E-state index in [0.717, 1.165) is 63.1 Å². The van der Waals surface area contributed by atoms with Gasteiger partial charge in [0.1, 0.15) is 24.3 Å². The molecule has 5 rings (SSSR count). The zero-order valence-corrected chi connectivity index (χ0v) is 19.4. The van der Waals surface area contributed by atoms with Gasteiger partial charge in [-0.05, 0) is 31.5 Å². The first-order valence-corrected chi connectivity index (χ1v) is 11.7. The van der Waals surface area contributed by atoms with Crippen molar-refractivity contribution in [3.05, 3.63) is 66.0 Å². The molecule has 2 saturated heterocycles. The Bertz CT molecular complexity index is 1140. The molecule has 0 bridgehead atoms. The van der Waals surface area contributed by atoms with Gasteiger partial charge in [0.05, 0.1) is 30.5 Å². The number of imidazole rings is 1. The van der Waals surface area contributed by atoms with Crippen LogP contribution in [-0.2, 0) is 24.4 Å². The Morgan fingerprint density at radius 1 is 1.21 bits per heavy atom. The van der Waals surface area contributed by atoms with E-state index < -0.39 is 0 Å². The lowest BCUT2D eigenvalue weighted by Gasteiger charge is -2.40. The predicted octanol–water partition coefficient (Wildman–Crippen LogP) is 2.62. The molecule has 9 heteroatoms. The van der Waals surface area contributed by atoms with Gasteiger partial charge in [-0.3, -0.25) is 9.88 Å². The molecule has 0 radical (unpaired) electrons. The molecule has 34 heavy (non-hydrogen) atoms. The molecule has 5 heterocycles. The second kappa shape index (κ2) is 10.2. The van der Waals surface area contributed by atoms with Gasteiger partial charge in [0.15, 0.2) is 0 Å². The highest BCUT2D eigenvalue weighted by molar-refractivity contribution is 5.41. The number of aromatic nitrogens is 4. The average molecular weight is 460 g/mol. The fraction of sp³-hybridized carbons (Fsp3) is 0.440. The molecule has 3 aromatic heterocycles. The van der Waals surface area contributed by atoms with Gasteiger partial charge in [-0.2, -0.15) is 10.2 Å². The molecule has 2 fully saturated rings. The van der Waals surface area contributed by atoms with E-state index in [2.05, 4.69) is 43.5 Å². The van der Waals surface area contributed by atoms with E-state index in [1.165, 1.54) is 0 Å². The van der Waals surface area contributed by atoms with Gasteiger partial charge in [-0.25, -0.2) is 4.98 Å². The van der Waals surface area contributed by atoms with Crippen LogP contribution in [0.25, 0.3) is 0 Å². The number of rotatable bonds is 8. The summed E-state index contributed by atoms with van der Waals surface area (Å²) in [7, 11) is 0. The van der Waals surface area contributed by atoms with Gasteiger partial charge in [-0.15, -0.1) is 0 Å². The first kappa shape index (κ1) is 22.3. The van der Waals surface area contributed by atoms with Crippen LogP contribution in [0.5, 0.6) is 5.88 Å². The van der Waals surface area contributed by atoms with Crippen molar-refractivity contribution in [1.82, 2.24) is 24.4 Å². The standard InChI is InChI=1S/C25H29N7O2/c1-19-15-32(11-10-30(19)17-24-27-8-9-31(24)16-22-7-12-33-22)23-3-2-4-25(29-23)34-18-21-6-5-20(13-26)14-28-21/h2-6,8-9,14,19,22H,7,10-12,15-18H2,1H3/t19-,22-/m0/s1. The number of ether oxygens (including phenoxy) is 2. The monoisotopic (exact) mass is 459 g/mol. The number of nitriles is 1. The van der Waals surface area contributed by atoms with Crippen LogP contribution in [0.4, 0.5) is 5.82 Å². The van der Waals surface area contributed by atoms with Crippen molar-refractivity contribution in [1.29, 1.82) is 5.26 Å². The maximum atomic E-state index is 8.90. The fourth-order valence-corrected chi connectivity index (χ4v) is 4.31. The van der Waals surface area contributed by atoms with E-state index in [4.69, 9.17) is 19.7 Å². The third-order valence-corrected chi connectivity index (χ3v) is 6.46. The summed E-state index contributed by atoms with van der Waals surface area (Å²) in [5, 5.41) is 8.90. The zero-order valence-electron chi connectivity index (χ0n) is 19.4. The summed E-state index contributed by atoms with van der Waals surface area (Å²) in [4.78, 5) is 18.4. The second-order valence-corrected chi connectivity index (χ2v) is 8.82. The molecule has 0 aliphatic carbocycles. The van der Waals surface area contributed by atoms with Gasteiger partial charge in [0.25, 0.3) is 0 Å². The number of hydrogen-bond acceptors (Lipinski definition) is 8. The lowest BCUT2D eigenvalue weighted by molar-refractivity contribution is -0.0598. The van der Waals surface area contributed by atoms with Crippen LogP contribution in [0.15, 0.2) is 48.9 Å². The van der Waals surface area contributed by atoms with E-state index in [1.807, 2.05) is 24.4 Å². The van der Waals surface area contributed by atoms with Crippen LogP contribution < -0.4 is 9.64 Å². The molecule has 176 valence electrons. The van der Waals surface area contributed by atoms with Crippen molar-refractivity contribution < 1.29 is 9.47 Å². The number of nitrogens with zero attached hydrogens (tertiary/aromatic N) is 7. The zero-order chi connectivity index (χ0) is 23.3. The third kappa shape index (κ3) is 5.19. The summed E-state index contributed by atoms with van der Waals surface area (Å²) in [6, 6.07) is 11.8. The molecule has 0 unspecified atom stereocenters. The number of anilines is 1. The lowest BCUT2D eigenvalue weighted by atomic mass is 10.1. The lowest BCUT2D eigenvalue weighted by Crippen LogP contribution is -2.52. The van der Waals surface area contributed by atoms with E-state index in [0.29, 0.717) is 30.2 Å². The molecule has 0 N–H and O–H groups in total. The normalized spacial score (nSPS) is 20.5. The maximum absolute atomic E-state index is 8.90. The first-order valence-electron chi connectivity index (χ1n) is 11.7. The van der Waals surface area contributed by atoms with Crippen molar-refractivity contribution in [3.63, 3.8) is 0 Å². The Morgan fingerprint density at radius 2 is 2.12 bits per heavy atom. The highest BCUT2D eigenvalue weighted by Crippen LogP contribution is 2.22. The van der Waals surface area contributed by atoms with E-state index in [1.54, 1.807) is 18.3 Å². The van der Waals surface area contributed by atoms with Crippen LogP contribution in [0.1, 0.15) is 30.4 Å². The predicted molar refractivity (Wildman–Crippen MR) is 126 cm³/mol. The van der Waals surface area contributed by atoms with Gasteiger partial charge < -0.3 is 18.9 Å². The van der Waals surface area contributed by atoms with Crippen molar-refractivity contribution in [2.75, 3.05) is 31.1 Å². The van der Waals surface area contributed by atoms with Gasteiger partial charge in [-0.1, -0.05) is 6.07 Å². The van der Waals surface area contributed by atoms with E-state index in [-0.39, 0.29) is 0 Å². The van der Waals surface area contributed by atoms with Crippen molar-refractivity contribution in [2.45, 2.75) is 45.2 Å². The minimum atomic E-state index is 0.310. The molecule has 2 atom stereocenters. The number of piperazine rings is 1. The van der Waals surface area contributed by atoms with Crippen LogP contribution in [0.2, 0.25) is 0 Å². The molecule has 9 nitrogen and oxygen atoms in total. The fourth-order valence-electron chi connectivity index (χ4n) is 4.31. The van der Waals surface area contributed by atoms with E-state index >= 15 is 0 Å². The maximum Gasteiger partial charge on any atom is 0.215 e. The van der Waals surface area contributed by atoms with Crippen molar-refractivity contribution in [3.8, 4) is 11.9 Å². The minimum absolute atomic E-state index is 0.310. The Hall–Kier alpha value is -3.48. The molecule has 2 aliphatic rings. The first-order chi connectivity index (χ1) is 16.7. The number of hydrogen-bond donors (Lipinski definition) is 0. The highest BCUT2D eigenvalue weighted by Gasteiger charge is 2.26. The summed E-state index contributed by atoms with van der Waals surface area (Å²) in [6.07, 6.45) is 6.96. The molecule has 0 aromatic carbocycles. The topological polar surface area (TPSA) is 92.3 Å². The van der Waals surface area contributed by atoms with Crippen LogP contribution >= 0.6 is 0 Å². The van der Waals surface area contributed by atoms with Crippen LogP contribution in [0.3, 0.4) is 0 Å². The Morgan fingerprint density at radius 3 is 2.85 bits per heavy atom. The second-order valence-electron chi connectivity index (χ2n) is 8.82. The average Bonchev–Trinajstić information content (AvgIpc) is 3.28. The number of pyridine rings is 2. The molecule has 2 aliphatic heterocycles. The van der Waals surface area contributed by atoms with E-state index in [9.17, 15) is 0 Å². The Labute approximate surface area is 199 Å². The van der Waals surface area contributed by atoms with Crippen molar-refractivity contribution >= 4 is 5.82 Å². The van der Waals surface area contributed by atoms with Gasteiger partial charge >= 0.3 is 0 Å². The molecule has 0 spiro atoms. The SMILES string of the molecule is C[C@H]1CN(c2cccc(OCc3ccc(C#N)cn3)n2)CCN1Cc1nccn1C[C@@H]1CCO1. The van der Waals surface area contributed by atoms with Gasteiger partial charge in [0.2, 0.25) is 5.88 Å². The largest absolute Gasteiger partial charge is 0.471 e.